The Hall–Kier alpha value is -2.79. The zero-order chi connectivity index (χ0) is 16.2. The summed E-state index contributed by atoms with van der Waals surface area (Å²) in [6.07, 6.45) is 9.53. The van der Waals surface area contributed by atoms with Crippen molar-refractivity contribution in [3.63, 3.8) is 0 Å². The van der Waals surface area contributed by atoms with E-state index >= 15 is 0 Å². The molecule has 0 atom stereocenters. The maximum Gasteiger partial charge on any atom is 0.258 e. The second-order valence-electron chi connectivity index (χ2n) is 5.65. The van der Waals surface area contributed by atoms with Crippen LogP contribution in [0.15, 0.2) is 48.5 Å². The predicted molar refractivity (Wildman–Crippen MR) is 94.6 cm³/mol. The molecule has 1 amide bonds. The normalized spacial score (nSPS) is 14.9. The van der Waals surface area contributed by atoms with Gasteiger partial charge in [0.25, 0.3) is 5.91 Å². The number of amides is 1. The molecule has 2 aromatic carbocycles. The van der Waals surface area contributed by atoms with Crippen LogP contribution in [0.1, 0.15) is 46.8 Å². The van der Waals surface area contributed by atoms with Crippen molar-refractivity contribution in [1.29, 1.82) is 0 Å². The lowest BCUT2D eigenvalue weighted by Crippen LogP contribution is -2.24. The zero-order valence-corrected chi connectivity index (χ0v) is 13.3. The zero-order valence-electron chi connectivity index (χ0n) is 13.3. The molecule has 0 saturated carbocycles. The van der Waals surface area contributed by atoms with Gasteiger partial charge in [-0.1, -0.05) is 49.6 Å². The molecule has 3 rings (SSSR count). The molecule has 0 unspecified atom stereocenters. The fourth-order valence-corrected chi connectivity index (χ4v) is 2.82. The fraction of sp³-hybridized carbons (Fsp3) is 0.190. The Morgan fingerprint density at radius 1 is 1.09 bits per heavy atom. The first-order chi connectivity index (χ1) is 11.2. The van der Waals surface area contributed by atoms with Gasteiger partial charge in [-0.15, -0.1) is 6.42 Å². The van der Waals surface area contributed by atoms with Crippen LogP contribution in [-0.2, 0) is 0 Å². The number of rotatable bonds is 4. The molecule has 2 nitrogen and oxygen atoms in total. The van der Waals surface area contributed by atoms with Crippen LogP contribution in [0.2, 0.25) is 0 Å². The van der Waals surface area contributed by atoms with Crippen molar-refractivity contribution in [3.05, 3.63) is 70.8 Å². The van der Waals surface area contributed by atoms with E-state index in [0.717, 1.165) is 47.3 Å². The third kappa shape index (κ3) is 2.91. The first-order valence-corrected chi connectivity index (χ1v) is 7.94. The largest absolute Gasteiger partial charge is 0.308 e. The van der Waals surface area contributed by atoms with E-state index < -0.39 is 0 Å². The summed E-state index contributed by atoms with van der Waals surface area (Å²) in [7, 11) is 0. The van der Waals surface area contributed by atoms with Gasteiger partial charge in [-0.3, -0.25) is 4.79 Å². The lowest BCUT2D eigenvalue weighted by molar-refractivity contribution is 0.0849. The Balaban J connectivity index is 2.03. The van der Waals surface area contributed by atoms with Crippen LogP contribution in [0.5, 0.6) is 0 Å². The molecule has 0 saturated heterocycles. The van der Waals surface area contributed by atoms with Gasteiger partial charge < -0.3 is 4.90 Å². The van der Waals surface area contributed by atoms with E-state index in [1.165, 1.54) is 0 Å². The number of carbonyl (C=O) groups is 1. The van der Waals surface area contributed by atoms with Crippen molar-refractivity contribution in [2.24, 2.45) is 0 Å². The van der Waals surface area contributed by atoms with Gasteiger partial charge >= 0.3 is 0 Å². The second kappa shape index (κ2) is 6.54. The lowest BCUT2D eigenvalue weighted by atomic mass is 10.1. The fourth-order valence-electron chi connectivity index (χ4n) is 2.82. The summed E-state index contributed by atoms with van der Waals surface area (Å²) >= 11 is 0. The van der Waals surface area contributed by atoms with Crippen LogP contribution < -0.4 is 0 Å². The van der Waals surface area contributed by atoms with Crippen molar-refractivity contribution in [2.75, 3.05) is 6.54 Å². The summed E-state index contributed by atoms with van der Waals surface area (Å²) < 4.78 is 0. The Labute approximate surface area is 137 Å². The smallest absolute Gasteiger partial charge is 0.258 e. The van der Waals surface area contributed by atoms with Crippen LogP contribution in [0, 0.1) is 12.3 Å². The summed E-state index contributed by atoms with van der Waals surface area (Å²) in [6, 6.07) is 15.6. The quantitative estimate of drug-likeness (QED) is 0.765. The minimum Gasteiger partial charge on any atom is -0.308 e. The monoisotopic (exact) mass is 301 g/mol. The molecule has 0 N–H and O–H groups in total. The van der Waals surface area contributed by atoms with Gasteiger partial charge in [0.2, 0.25) is 0 Å². The number of carbonyl (C=O) groups excluding carboxylic acids is 1. The summed E-state index contributed by atoms with van der Waals surface area (Å²) in [5.41, 5.74) is 4.68. The Kier molecular flexibility index (Phi) is 4.30. The van der Waals surface area contributed by atoms with Gasteiger partial charge in [-0.2, -0.15) is 0 Å². The third-order valence-corrected chi connectivity index (χ3v) is 4.09. The molecule has 0 radical (unpaired) electrons. The van der Waals surface area contributed by atoms with Crippen molar-refractivity contribution in [3.8, 4) is 12.3 Å². The highest BCUT2D eigenvalue weighted by Gasteiger charge is 2.31. The molecule has 1 heterocycles. The molecule has 0 aromatic heterocycles. The maximum atomic E-state index is 12.7. The van der Waals surface area contributed by atoms with Crippen LogP contribution in [0.25, 0.3) is 11.8 Å². The SMILES string of the molecule is C#Cc1ccc(/C=C2\c3ccccc3C(=O)N2CCCC)cc1. The summed E-state index contributed by atoms with van der Waals surface area (Å²) in [4.78, 5) is 14.6. The molecule has 1 aliphatic heterocycles. The van der Waals surface area contributed by atoms with Crippen LogP contribution >= 0.6 is 0 Å². The predicted octanol–water partition coefficient (Wildman–Crippen LogP) is 4.42. The molecule has 1 aliphatic rings. The van der Waals surface area contributed by atoms with Crippen LogP contribution in [0.3, 0.4) is 0 Å². The van der Waals surface area contributed by atoms with Gasteiger partial charge in [-0.25, -0.2) is 0 Å². The van der Waals surface area contributed by atoms with E-state index in [0.29, 0.717) is 0 Å². The molecule has 23 heavy (non-hydrogen) atoms. The molecule has 2 heteroatoms. The maximum absolute atomic E-state index is 12.7. The van der Waals surface area contributed by atoms with Crippen molar-refractivity contribution in [2.45, 2.75) is 19.8 Å². The van der Waals surface area contributed by atoms with E-state index in [1.54, 1.807) is 0 Å². The summed E-state index contributed by atoms with van der Waals surface area (Å²) in [5, 5.41) is 0. The van der Waals surface area contributed by atoms with Gasteiger partial charge in [0, 0.05) is 23.2 Å². The molecule has 114 valence electrons. The molecular weight excluding hydrogens is 282 g/mol. The van der Waals surface area contributed by atoms with Gasteiger partial charge in [0.15, 0.2) is 0 Å². The number of benzene rings is 2. The van der Waals surface area contributed by atoms with E-state index in [9.17, 15) is 4.79 Å². The average Bonchev–Trinajstić information content (AvgIpc) is 2.86. The van der Waals surface area contributed by atoms with Gasteiger partial charge in [0.05, 0.1) is 5.70 Å². The number of unbranched alkanes of at least 4 members (excludes halogenated alkanes) is 1. The highest BCUT2D eigenvalue weighted by atomic mass is 16.2. The van der Waals surface area contributed by atoms with Gasteiger partial charge in [-0.05, 0) is 36.3 Å². The third-order valence-electron chi connectivity index (χ3n) is 4.09. The van der Waals surface area contributed by atoms with E-state index in [2.05, 4.69) is 18.9 Å². The summed E-state index contributed by atoms with van der Waals surface area (Å²) in [5.74, 6) is 2.72. The van der Waals surface area contributed by atoms with Gasteiger partial charge in [0.1, 0.15) is 0 Å². The van der Waals surface area contributed by atoms with Crippen molar-refractivity contribution < 1.29 is 4.79 Å². The van der Waals surface area contributed by atoms with Crippen LogP contribution in [-0.4, -0.2) is 17.4 Å². The second-order valence-corrected chi connectivity index (χ2v) is 5.65. The van der Waals surface area contributed by atoms with Crippen LogP contribution in [0.4, 0.5) is 0 Å². The first-order valence-electron chi connectivity index (χ1n) is 7.94. The highest BCUT2D eigenvalue weighted by Crippen LogP contribution is 2.34. The Morgan fingerprint density at radius 3 is 2.43 bits per heavy atom. The van der Waals surface area contributed by atoms with Crippen molar-refractivity contribution in [1.82, 2.24) is 4.90 Å². The number of hydrogen-bond acceptors (Lipinski definition) is 1. The van der Waals surface area contributed by atoms with E-state index in [1.807, 2.05) is 53.4 Å². The highest BCUT2D eigenvalue weighted by molar-refractivity contribution is 6.11. The minimum absolute atomic E-state index is 0.0977. The standard InChI is InChI=1S/C21H19NO/c1-3-5-14-22-20(15-17-12-10-16(4-2)11-13-17)18-8-6-7-9-19(18)21(22)23/h2,6-13,15H,3,5,14H2,1H3/b20-15+. The number of terminal acetylenes is 1. The Bertz CT molecular complexity index is 793. The first kappa shape index (κ1) is 15.1. The minimum atomic E-state index is 0.0977. The molecule has 0 fully saturated rings. The Morgan fingerprint density at radius 2 is 1.78 bits per heavy atom. The number of hydrogen-bond donors (Lipinski definition) is 0. The topological polar surface area (TPSA) is 20.3 Å². The van der Waals surface area contributed by atoms with E-state index in [4.69, 9.17) is 6.42 Å². The molecule has 0 bridgehead atoms. The molecule has 2 aromatic rings. The molecule has 0 aliphatic carbocycles. The number of nitrogens with zero attached hydrogens (tertiary/aromatic N) is 1. The molecular formula is C21H19NO. The van der Waals surface area contributed by atoms with Crippen molar-refractivity contribution >= 4 is 17.7 Å². The summed E-state index contributed by atoms with van der Waals surface area (Å²) in [6.45, 7) is 2.88. The van der Waals surface area contributed by atoms with E-state index in [-0.39, 0.29) is 5.91 Å². The average molecular weight is 301 g/mol. The molecule has 0 spiro atoms. The lowest BCUT2D eigenvalue weighted by Gasteiger charge is -2.18. The number of fused-ring (bicyclic) bond motifs is 1.